The Morgan fingerprint density at radius 3 is 1.58 bits per heavy atom. The minimum Gasteiger partial charge on any atom is -0.280 e. The summed E-state index contributed by atoms with van der Waals surface area (Å²) in [7, 11) is -12.6. The van der Waals surface area contributed by atoms with Crippen LogP contribution in [0.1, 0.15) is 0 Å². The van der Waals surface area contributed by atoms with Gasteiger partial charge in [0.2, 0.25) is 0 Å². The molecule has 6 nitrogen and oxygen atoms in total. The van der Waals surface area contributed by atoms with E-state index in [1.54, 1.807) is 4.39 Å². The first kappa shape index (κ1) is 11.6. The van der Waals surface area contributed by atoms with Crippen LogP contribution in [0, 0.1) is 0 Å². The molecule has 12 heavy (non-hydrogen) atoms. The molecule has 0 aliphatic carbocycles. The predicted molar refractivity (Wildman–Crippen MR) is 27.6 cm³/mol. The second-order valence-electron chi connectivity index (χ2n) is 1.46. The highest BCUT2D eigenvalue weighted by Crippen LogP contribution is 2.28. The van der Waals surface area contributed by atoms with Crippen molar-refractivity contribution in [1.82, 2.24) is 0 Å². The zero-order chi connectivity index (χ0) is 10.2. The summed E-state index contributed by atoms with van der Waals surface area (Å²) in [5, 5.41) is 0. The monoisotopic (exact) mass is 230 g/mol. The topological polar surface area (TPSA) is 97.7 Å². The third-order valence-electron chi connectivity index (χ3n) is 0.674. The van der Waals surface area contributed by atoms with Crippen molar-refractivity contribution < 1.29 is 39.1 Å². The molecule has 74 valence electrons. The number of halogens is 3. The molecule has 0 spiro atoms. The summed E-state index contributed by atoms with van der Waals surface area (Å²) in [4.78, 5) is 0. The molecule has 0 aromatic heterocycles. The molecule has 0 saturated carbocycles. The van der Waals surface area contributed by atoms with Gasteiger partial charge in [0.25, 0.3) is 0 Å². The van der Waals surface area contributed by atoms with Crippen molar-refractivity contribution in [3.05, 3.63) is 0 Å². The molecule has 0 aliphatic heterocycles. The SMILES string of the molecule is O=S(=O)(O)C(F)(F)S(=O)(=O)OF. The van der Waals surface area contributed by atoms with E-state index in [1.807, 2.05) is 0 Å². The van der Waals surface area contributed by atoms with E-state index >= 15 is 0 Å². The van der Waals surface area contributed by atoms with Crippen LogP contribution in [0.5, 0.6) is 0 Å². The summed E-state index contributed by atoms with van der Waals surface area (Å²) in [5.41, 5.74) is 0. The predicted octanol–water partition coefficient (Wildman–Crippen LogP) is -0.345. The first-order valence-electron chi connectivity index (χ1n) is 1.96. The van der Waals surface area contributed by atoms with Crippen LogP contribution in [-0.4, -0.2) is 26.0 Å². The van der Waals surface area contributed by atoms with Crippen LogP contribution in [0.3, 0.4) is 0 Å². The molecule has 0 heterocycles. The zero-order valence-corrected chi connectivity index (χ0v) is 6.57. The highest BCUT2D eigenvalue weighted by molar-refractivity contribution is 8.05. The minimum absolute atomic E-state index is 1.71. The molecule has 0 rings (SSSR count). The van der Waals surface area contributed by atoms with E-state index in [0.29, 0.717) is 0 Å². The van der Waals surface area contributed by atoms with E-state index in [1.165, 1.54) is 0 Å². The van der Waals surface area contributed by atoms with Gasteiger partial charge in [0.1, 0.15) is 0 Å². The van der Waals surface area contributed by atoms with E-state index in [-0.39, 0.29) is 0 Å². The van der Waals surface area contributed by atoms with Gasteiger partial charge in [-0.05, 0) is 4.53 Å². The van der Waals surface area contributed by atoms with E-state index in [9.17, 15) is 30.1 Å². The van der Waals surface area contributed by atoms with Gasteiger partial charge in [-0.3, -0.25) is 4.55 Å². The zero-order valence-electron chi connectivity index (χ0n) is 4.94. The average Bonchev–Trinajstić information content (AvgIpc) is 1.85. The second-order valence-corrected chi connectivity index (χ2v) is 4.72. The number of alkyl halides is 2. The van der Waals surface area contributed by atoms with Crippen molar-refractivity contribution in [2.24, 2.45) is 0 Å². The fraction of sp³-hybridized carbons (Fsp3) is 1.00. The molecular formula is CHF3O6S2. The van der Waals surface area contributed by atoms with Crippen LogP contribution in [0.4, 0.5) is 13.3 Å². The summed E-state index contributed by atoms with van der Waals surface area (Å²) in [6, 6.07) is 0. The lowest BCUT2D eigenvalue weighted by Gasteiger charge is -2.08. The smallest absolute Gasteiger partial charge is 0.280 e. The molecule has 0 aromatic carbocycles. The molecule has 0 aromatic rings. The summed E-state index contributed by atoms with van der Waals surface area (Å²) in [6.07, 6.45) is 0. The first-order chi connectivity index (χ1) is 5.06. The van der Waals surface area contributed by atoms with Gasteiger partial charge in [-0.15, -0.1) is 0 Å². The van der Waals surface area contributed by atoms with Gasteiger partial charge < -0.3 is 0 Å². The van der Waals surface area contributed by atoms with Crippen LogP contribution in [0.25, 0.3) is 0 Å². The normalized spacial score (nSPS) is 14.7. The van der Waals surface area contributed by atoms with E-state index in [2.05, 4.69) is 0 Å². The Labute approximate surface area is 64.7 Å². The largest absolute Gasteiger partial charge is 0.498 e. The van der Waals surface area contributed by atoms with E-state index in [4.69, 9.17) is 4.55 Å². The third kappa shape index (κ3) is 1.68. The lowest BCUT2D eigenvalue weighted by molar-refractivity contribution is -0.0140. The number of hydrogen-bond acceptors (Lipinski definition) is 5. The fourth-order valence-electron chi connectivity index (χ4n) is 0.166. The standard InChI is InChI=1S/CHF3O6S2/c2-1(3,11(5,6)7)12(8,9)10-4/h(H,5,6,7). The molecule has 0 radical (unpaired) electrons. The van der Waals surface area contributed by atoms with Crippen LogP contribution in [0.15, 0.2) is 0 Å². The van der Waals surface area contributed by atoms with E-state index < -0.39 is 24.8 Å². The van der Waals surface area contributed by atoms with Crippen molar-refractivity contribution in [1.29, 1.82) is 0 Å². The van der Waals surface area contributed by atoms with E-state index in [0.717, 1.165) is 0 Å². The van der Waals surface area contributed by atoms with Crippen LogP contribution in [0.2, 0.25) is 0 Å². The fourth-order valence-corrected chi connectivity index (χ4v) is 1.35. The molecule has 11 heteroatoms. The van der Waals surface area contributed by atoms with Gasteiger partial charge in [-0.25, -0.2) is 0 Å². The van der Waals surface area contributed by atoms with Crippen molar-refractivity contribution in [2.45, 2.75) is 4.59 Å². The van der Waals surface area contributed by atoms with Crippen LogP contribution in [-0.2, 0) is 24.6 Å². The Bertz CT molecular complexity index is 350. The highest BCUT2D eigenvalue weighted by Gasteiger charge is 2.59. The summed E-state index contributed by atoms with van der Waals surface area (Å²) in [5.74, 6) is 0. The molecule has 0 amide bonds. The van der Waals surface area contributed by atoms with Gasteiger partial charge in [-0.2, -0.15) is 25.6 Å². The second kappa shape index (κ2) is 2.83. The molecule has 0 fully saturated rings. The highest BCUT2D eigenvalue weighted by atomic mass is 32.3. The van der Waals surface area contributed by atoms with Crippen molar-refractivity contribution in [2.75, 3.05) is 0 Å². The lowest BCUT2D eigenvalue weighted by atomic mass is 11.6. The van der Waals surface area contributed by atoms with Gasteiger partial charge >= 0.3 is 24.8 Å². The Balaban J connectivity index is 5.46. The maximum atomic E-state index is 11.9. The van der Waals surface area contributed by atoms with Gasteiger partial charge in [-0.1, -0.05) is 4.39 Å². The quantitative estimate of drug-likeness (QED) is 0.666. The lowest BCUT2D eigenvalue weighted by Crippen LogP contribution is -2.37. The van der Waals surface area contributed by atoms with Crippen LogP contribution >= 0.6 is 0 Å². The Morgan fingerprint density at radius 1 is 1.17 bits per heavy atom. The Hall–Kier alpha value is -0.390. The van der Waals surface area contributed by atoms with Crippen molar-refractivity contribution in [3.63, 3.8) is 0 Å². The summed E-state index contributed by atoms with van der Waals surface area (Å²) >= 11 is 0. The Kier molecular flexibility index (Phi) is 2.74. The maximum absolute atomic E-state index is 11.9. The Morgan fingerprint density at radius 2 is 1.50 bits per heavy atom. The van der Waals surface area contributed by atoms with Gasteiger partial charge in [0.05, 0.1) is 0 Å². The molecular weight excluding hydrogens is 229 g/mol. The van der Waals surface area contributed by atoms with Gasteiger partial charge in [0, 0.05) is 0 Å². The first-order valence-corrected chi connectivity index (χ1v) is 4.80. The van der Waals surface area contributed by atoms with Crippen molar-refractivity contribution in [3.8, 4) is 0 Å². The maximum Gasteiger partial charge on any atom is 0.498 e. The molecule has 0 bridgehead atoms. The van der Waals surface area contributed by atoms with Crippen molar-refractivity contribution >= 4 is 20.2 Å². The van der Waals surface area contributed by atoms with Crippen LogP contribution < -0.4 is 0 Å². The molecule has 0 aliphatic rings. The minimum atomic E-state index is -6.29. The number of rotatable bonds is 3. The third-order valence-corrected chi connectivity index (χ3v) is 3.27. The van der Waals surface area contributed by atoms with Gasteiger partial charge in [0.15, 0.2) is 0 Å². The molecule has 0 atom stereocenters. The summed E-state index contributed by atoms with van der Waals surface area (Å²) < 4.78 is 77.1. The number of hydrogen-bond donors (Lipinski definition) is 1. The summed E-state index contributed by atoms with van der Waals surface area (Å²) in [6.45, 7) is 0. The molecule has 0 unspecified atom stereocenters. The molecule has 1 N–H and O–H groups in total. The molecule has 0 saturated heterocycles. The average molecular weight is 230 g/mol.